The average Bonchev–Trinajstić information content (AvgIpc) is 3.19. The molecule has 4 rings (SSSR count). The molecule has 1 aromatic heterocycles. The van der Waals surface area contributed by atoms with Crippen LogP contribution in [0.2, 0.25) is 0 Å². The van der Waals surface area contributed by atoms with Crippen LogP contribution in [0.3, 0.4) is 0 Å². The number of halogens is 1. The van der Waals surface area contributed by atoms with E-state index < -0.39 is 11.7 Å². The van der Waals surface area contributed by atoms with Crippen LogP contribution < -0.4 is 10.6 Å². The van der Waals surface area contributed by atoms with E-state index in [2.05, 4.69) is 27.6 Å². The van der Waals surface area contributed by atoms with E-state index in [-0.39, 0.29) is 18.1 Å². The second-order valence-electron chi connectivity index (χ2n) is 8.85. The molecule has 0 bridgehead atoms. The van der Waals surface area contributed by atoms with Gasteiger partial charge in [0, 0.05) is 11.7 Å². The number of hydrogen-bond acceptors (Lipinski definition) is 4. The average molecular weight is 464 g/mol. The maximum absolute atomic E-state index is 14.5. The van der Waals surface area contributed by atoms with Gasteiger partial charge in [-0.2, -0.15) is 5.10 Å². The first kappa shape index (κ1) is 23.6. The highest BCUT2D eigenvalue weighted by Crippen LogP contribution is 2.23. The van der Waals surface area contributed by atoms with E-state index in [1.165, 1.54) is 30.8 Å². The summed E-state index contributed by atoms with van der Waals surface area (Å²) in [5.41, 5.74) is 3.31. The number of hydrogen-bond donors (Lipinski definition) is 2. The number of likely N-dealkylation sites (tertiary alicyclic amines) is 1. The fraction of sp³-hybridized carbons (Fsp3) is 0.346. The molecule has 3 aromatic rings. The van der Waals surface area contributed by atoms with E-state index in [9.17, 15) is 14.0 Å². The van der Waals surface area contributed by atoms with Gasteiger partial charge in [-0.1, -0.05) is 24.6 Å². The Labute approximate surface area is 199 Å². The number of rotatable bonds is 6. The largest absolute Gasteiger partial charge is 0.325 e. The number of amides is 2. The summed E-state index contributed by atoms with van der Waals surface area (Å²) in [6.45, 7) is 7.08. The molecule has 0 spiro atoms. The van der Waals surface area contributed by atoms with Crippen molar-refractivity contribution < 1.29 is 14.0 Å². The lowest BCUT2D eigenvalue weighted by Gasteiger charge is -2.32. The Bertz CT molecular complexity index is 1210. The van der Waals surface area contributed by atoms with E-state index in [0.29, 0.717) is 23.0 Å². The minimum absolute atomic E-state index is 0.00261. The number of nitrogens with one attached hydrogen (secondary N) is 2. The summed E-state index contributed by atoms with van der Waals surface area (Å²) < 4.78 is 16.2. The van der Waals surface area contributed by atoms with Gasteiger partial charge in [-0.05, 0) is 70.0 Å². The highest BCUT2D eigenvalue weighted by molar-refractivity contribution is 6.05. The molecule has 0 aliphatic carbocycles. The molecule has 2 amide bonds. The highest BCUT2D eigenvalue weighted by atomic mass is 19.1. The molecule has 1 aliphatic rings. The molecule has 8 heteroatoms. The number of aromatic nitrogens is 2. The van der Waals surface area contributed by atoms with Crippen molar-refractivity contribution in [2.24, 2.45) is 0 Å². The molecule has 2 heterocycles. The summed E-state index contributed by atoms with van der Waals surface area (Å²) in [4.78, 5) is 27.6. The Morgan fingerprint density at radius 1 is 1.12 bits per heavy atom. The fourth-order valence-corrected chi connectivity index (χ4v) is 4.34. The molecule has 0 radical (unpaired) electrons. The molecule has 1 unspecified atom stereocenters. The molecule has 34 heavy (non-hydrogen) atoms. The lowest BCUT2D eigenvalue weighted by molar-refractivity contribution is -0.118. The van der Waals surface area contributed by atoms with Gasteiger partial charge in [0.1, 0.15) is 5.82 Å². The standard InChI is InChI=1S/C26H30FN5O2/c1-17-8-4-5-10-24(17)32-19(3)21(15-28-32)26(34)30-23-14-20(11-12-22(23)27)29-25(33)16-31-13-7-6-9-18(31)2/h4-5,8,10-12,14-15,18H,6-7,9,13,16H2,1-3H3,(H,29,33)(H,30,34). The predicted molar refractivity (Wildman–Crippen MR) is 131 cm³/mol. The van der Waals surface area contributed by atoms with Gasteiger partial charge in [0.15, 0.2) is 0 Å². The summed E-state index contributed by atoms with van der Waals surface area (Å²) in [5.74, 6) is -1.21. The summed E-state index contributed by atoms with van der Waals surface area (Å²) in [6.07, 6.45) is 4.83. The van der Waals surface area contributed by atoms with Gasteiger partial charge in [-0.15, -0.1) is 0 Å². The number of carbonyl (C=O) groups excluding carboxylic acids is 2. The molecular formula is C26H30FN5O2. The second kappa shape index (κ2) is 10.2. The van der Waals surface area contributed by atoms with Gasteiger partial charge in [0.25, 0.3) is 5.91 Å². The van der Waals surface area contributed by atoms with Gasteiger partial charge in [-0.25, -0.2) is 9.07 Å². The molecular weight excluding hydrogens is 433 g/mol. The van der Waals surface area contributed by atoms with E-state index in [0.717, 1.165) is 30.6 Å². The Balaban J connectivity index is 1.46. The van der Waals surface area contributed by atoms with E-state index in [1.54, 1.807) is 11.6 Å². The number of nitrogens with zero attached hydrogens (tertiary/aromatic N) is 3. The molecule has 1 atom stereocenters. The first-order valence-corrected chi connectivity index (χ1v) is 11.6. The smallest absolute Gasteiger partial charge is 0.259 e. The van der Waals surface area contributed by atoms with Crippen molar-refractivity contribution in [3.8, 4) is 5.69 Å². The molecule has 2 N–H and O–H groups in total. The number of piperidine rings is 1. The van der Waals surface area contributed by atoms with Crippen LogP contribution in [0, 0.1) is 19.7 Å². The Hall–Kier alpha value is -3.52. The summed E-state index contributed by atoms with van der Waals surface area (Å²) >= 11 is 0. The summed E-state index contributed by atoms with van der Waals surface area (Å²) in [7, 11) is 0. The number of benzene rings is 2. The molecule has 178 valence electrons. The lowest BCUT2D eigenvalue weighted by atomic mass is 10.0. The van der Waals surface area contributed by atoms with E-state index in [1.807, 2.05) is 31.2 Å². The maximum atomic E-state index is 14.5. The zero-order valence-corrected chi connectivity index (χ0v) is 19.8. The summed E-state index contributed by atoms with van der Waals surface area (Å²) in [6, 6.07) is 12.3. The Morgan fingerprint density at radius 2 is 1.91 bits per heavy atom. The van der Waals surface area contributed by atoms with Gasteiger partial charge in [0.05, 0.1) is 35.4 Å². The molecule has 1 aliphatic heterocycles. The van der Waals surface area contributed by atoms with Crippen molar-refractivity contribution in [1.29, 1.82) is 0 Å². The SMILES string of the molecule is Cc1ccccc1-n1ncc(C(=O)Nc2cc(NC(=O)CN3CCCCC3C)ccc2F)c1C. The number of carbonyl (C=O) groups is 2. The Morgan fingerprint density at radius 3 is 2.68 bits per heavy atom. The van der Waals surface area contributed by atoms with Gasteiger partial charge in [0.2, 0.25) is 5.91 Å². The fourth-order valence-electron chi connectivity index (χ4n) is 4.34. The van der Waals surface area contributed by atoms with E-state index >= 15 is 0 Å². The third-order valence-corrected chi connectivity index (χ3v) is 6.38. The third-order valence-electron chi connectivity index (χ3n) is 6.38. The topological polar surface area (TPSA) is 79.3 Å². The minimum atomic E-state index is -0.583. The van der Waals surface area contributed by atoms with Crippen LogP contribution in [-0.4, -0.2) is 45.6 Å². The monoisotopic (exact) mass is 463 g/mol. The van der Waals surface area contributed by atoms with Crippen molar-refractivity contribution >= 4 is 23.2 Å². The van der Waals surface area contributed by atoms with Crippen LogP contribution in [0.1, 0.15) is 47.8 Å². The molecule has 2 aromatic carbocycles. The van der Waals surface area contributed by atoms with Crippen LogP contribution in [-0.2, 0) is 4.79 Å². The van der Waals surface area contributed by atoms with Crippen molar-refractivity contribution in [3.05, 3.63) is 71.3 Å². The molecule has 1 saturated heterocycles. The first-order chi connectivity index (χ1) is 16.3. The minimum Gasteiger partial charge on any atom is -0.325 e. The van der Waals surface area contributed by atoms with Crippen molar-refractivity contribution in [1.82, 2.24) is 14.7 Å². The zero-order valence-electron chi connectivity index (χ0n) is 19.8. The van der Waals surface area contributed by atoms with Gasteiger partial charge < -0.3 is 10.6 Å². The normalized spacial score (nSPS) is 16.3. The molecule has 0 saturated carbocycles. The molecule has 1 fully saturated rings. The van der Waals surface area contributed by atoms with Crippen LogP contribution in [0.5, 0.6) is 0 Å². The highest BCUT2D eigenvalue weighted by Gasteiger charge is 2.21. The van der Waals surface area contributed by atoms with Gasteiger partial charge in [-0.3, -0.25) is 14.5 Å². The van der Waals surface area contributed by atoms with Crippen LogP contribution >= 0.6 is 0 Å². The summed E-state index contributed by atoms with van der Waals surface area (Å²) in [5, 5.41) is 9.79. The second-order valence-corrected chi connectivity index (χ2v) is 8.85. The van der Waals surface area contributed by atoms with E-state index in [4.69, 9.17) is 0 Å². The first-order valence-electron chi connectivity index (χ1n) is 11.6. The zero-order chi connectivity index (χ0) is 24.2. The van der Waals surface area contributed by atoms with Crippen LogP contribution in [0.25, 0.3) is 5.69 Å². The van der Waals surface area contributed by atoms with Gasteiger partial charge >= 0.3 is 0 Å². The third kappa shape index (κ3) is 5.17. The number of para-hydroxylation sites is 1. The predicted octanol–water partition coefficient (Wildman–Crippen LogP) is 4.69. The van der Waals surface area contributed by atoms with Crippen molar-refractivity contribution in [3.63, 3.8) is 0 Å². The van der Waals surface area contributed by atoms with Crippen LogP contribution in [0.4, 0.5) is 15.8 Å². The number of anilines is 2. The maximum Gasteiger partial charge on any atom is 0.259 e. The van der Waals surface area contributed by atoms with Crippen LogP contribution in [0.15, 0.2) is 48.7 Å². The quantitative estimate of drug-likeness (QED) is 0.556. The van der Waals surface area contributed by atoms with Crippen molar-refractivity contribution in [2.45, 2.75) is 46.1 Å². The number of aryl methyl sites for hydroxylation is 1. The lowest BCUT2D eigenvalue weighted by Crippen LogP contribution is -2.42. The Kier molecular flexibility index (Phi) is 7.07. The van der Waals surface area contributed by atoms with Crippen molar-refractivity contribution in [2.75, 3.05) is 23.7 Å². The molecule has 7 nitrogen and oxygen atoms in total.